The third-order valence-corrected chi connectivity index (χ3v) is 8.06. The summed E-state index contributed by atoms with van der Waals surface area (Å²) in [4.78, 5) is 15.5. The van der Waals surface area contributed by atoms with Crippen LogP contribution in [-0.4, -0.2) is 47.3 Å². The minimum absolute atomic E-state index is 0.138. The molecule has 2 heterocycles. The number of amides is 1. The molecule has 0 radical (unpaired) electrons. The van der Waals surface area contributed by atoms with Crippen molar-refractivity contribution >= 4 is 15.7 Å². The highest BCUT2D eigenvalue weighted by molar-refractivity contribution is 7.92. The zero-order valence-corrected chi connectivity index (χ0v) is 17.8. The van der Waals surface area contributed by atoms with Crippen LogP contribution in [0.5, 0.6) is 0 Å². The monoisotopic (exact) mass is 467 g/mol. The Morgan fingerprint density at radius 2 is 2.09 bits per heavy atom. The first-order valence-corrected chi connectivity index (χ1v) is 11.4. The SMILES string of the molecule is Cc1nccn1-c1ccc(S(=O)(=O)[C@H]2CN[C@H](C(=O)NC3(C#N)CC3)C2)c(C(F)(F)F)c1. The number of nitrogens with zero attached hydrogens (tertiary/aromatic N) is 3. The molecule has 2 aliphatic rings. The summed E-state index contributed by atoms with van der Waals surface area (Å²) in [5.74, 6) is -0.0721. The number of benzene rings is 1. The third-order valence-electron chi connectivity index (χ3n) is 5.85. The van der Waals surface area contributed by atoms with Crippen LogP contribution in [0.25, 0.3) is 5.69 Å². The van der Waals surface area contributed by atoms with E-state index in [2.05, 4.69) is 15.6 Å². The number of sulfone groups is 1. The molecule has 1 aromatic heterocycles. The molecule has 1 saturated heterocycles. The summed E-state index contributed by atoms with van der Waals surface area (Å²) in [6, 6.07) is 4.15. The topological polar surface area (TPSA) is 117 Å². The van der Waals surface area contributed by atoms with Gasteiger partial charge in [-0.1, -0.05) is 0 Å². The number of rotatable bonds is 5. The fourth-order valence-corrected chi connectivity index (χ4v) is 5.68. The second-order valence-electron chi connectivity index (χ2n) is 8.07. The number of nitriles is 1. The van der Waals surface area contributed by atoms with Crippen LogP contribution in [0.15, 0.2) is 35.5 Å². The number of hydrogen-bond donors (Lipinski definition) is 2. The van der Waals surface area contributed by atoms with Gasteiger partial charge in [0.25, 0.3) is 0 Å². The molecule has 2 fully saturated rings. The van der Waals surface area contributed by atoms with Gasteiger partial charge in [0, 0.05) is 24.6 Å². The van der Waals surface area contributed by atoms with Crippen LogP contribution in [0.4, 0.5) is 13.2 Å². The predicted octanol–water partition coefficient (Wildman–Crippen LogP) is 1.88. The highest BCUT2D eigenvalue weighted by Crippen LogP contribution is 2.38. The molecule has 32 heavy (non-hydrogen) atoms. The van der Waals surface area contributed by atoms with E-state index < -0.39 is 49.2 Å². The molecule has 0 unspecified atom stereocenters. The second-order valence-corrected chi connectivity index (χ2v) is 10.3. The van der Waals surface area contributed by atoms with Crippen molar-refractivity contribution < 1.29 is 26.4 Å². The van der Waals surface area contributed by atoms with Gasteiger partial charge in [-0.2, -0.15) is 18.4 Å². The van der Waals surface area contributed by atoms with Crippen LogP contribution >= 0.6 is 0 Å². The van der Waals surface area contributed by atoms with Gasteiger partial charge < -0.3 is 15.2 Å². The molecule has 2 N–H and O–H groups in total. The zero-order valence-electron chi connectivity index (χ0n) is 17.0. The number of nitrogens with one attached hydrogen (secondary N) is 2. The third kappa shape index (κ3) is 3.98. The number of carbonyl (C=O) groups excluding carboxylic acids is 1. The van der Waals surface area contributed by atoms with E-state index in [1.165, 1.54) is 23.0 Å². The van der Waals surface area contributed by atoms with Crippen molar-refractivity contribution in [2.45, 2.75) is 54.1 Å². The van der Waals surface area contributed by atoms with E-state index in [1.54, 1.807) is 6.92 Å². The van der Waals surface area contributed by atoms with Gasteiger partial charge in [0.1, 0.15) is 11.4 Å². The largest absolute Gasteiger partial charge is 0.417 e. The lowest BCUT2D eigenvalue weighted by Crippen LogP contribution is -2.45. The fraction of sp³-hybridized carbons (Fsp3) is 0.450. The maximum absolute atomic E-state index is 13.8. The van der Waals surface area contributed by atoms with Crippen molar-refractivity contribution in [3.8, 4) is 11.8 Å². The first-order valence-electron chi connectivity index (χ1n) is 9.89. The van der Waals surface area contributed by atoms with Gasteiger partial charge in [-0.05, 0) is 44.4 Å². The van der Waals surface area contributed by atoms with Crippen LogP contribution in [0, 0.1) is 18.3 Å². The molecule has 1 aromatic carbocycles. The lowest BCUT2D eigenvalue weighted by atomic mass is 10.2. The Morgan fingerprint density at radius 3 is 2.66 bits per heavy atom. The Kier molecular flexibility index (Phi) is 5.29. The van der Waals surface area contributed by atoms with Gasteiger partial charge in [0.2, 0.25) is 5.91 Å². The Hall–Kier alpha value is -2.91. The van der Waals surface area contributed by atoms with Gasteiger partial charge in [-0.25, -0.2) is 13.4 Å². The summed E-state index contributed by atoms with van der Waals surface area (Å²) >= 11 is 0. The van der Waals surface area contributed by atoms with Gasteiger partial charge >= 0.3 is 6.18 Å². The Balaban J connectivity index is 1.62. The quantitative estimate of drug-likeness (QED) is 0.694. The molecule has 170 valence electrons. The van der Waals surface area contributed by atoms with Gasteiger partial charge in [0.05, 0.1) is 27.8 Å². The molecule has 1 saturated carbocycles. The van der Waals surface area contributed by atoms with Crippen molar-refractivity contribution in [3.05, 3.63) is 42.0 Å². The zero-order chi connectivity index (χ0) is 23.3. The predicted molar refractivity (Wildman–Crippen MR) is 106 cm³/mol. The molecular weight excluding hydrogens is 447 g/mol. The minimum Gasteiger partial charge on any atom is -0.336 e. The normalized spacial score (nSPS) is 22.3. The van der Waals surface area contributed by atoms with E-state index in [0.717, 1.165) is 12.1 Å². The Labute approximate surface area is 182 Å². The van der Waals surface area contributed by atoms with Crippen molar-refractivity contribution in [1.29, 1.82) is 5.26 Å². The summed E-state index contributed by atoms with van der Waals surface area (Å²) in [5.41, 5.74) is -2.04. The van der Waals surface area contributed by atoms with Crippen LogP contribution in [-0.2, 0) is 20.8 Å². The van der Waals surface area contributed by atoms with Gasteiger partial charge in [0.15, 0.2) is 9.84 Å². The summed E-state index contributed by atoms with van der Waals surface area (Å²) in [6.07, 6.45) is -1.14. The van der Waals surface area contributed by atoms with Crippen LogP contribution in [0.1, 0.15) is 30.7 Å². The number of halogens is 3. The van der Waals surface area contributed by atoms with E-state index in [1.807, 2.05) is 6.07 Å². The standard InChI is InChI=1S/C20H20F3N5O3S/c1-12-25-6-7-28(12)13-2-3-17(15(8-13)20(21,22)23)32(30,31)14-9-16(26-10-14)18(29)27-19(11-24)4-5-19/h2-3,6-8,14,16,26H,4-5,9-10H2,1H3,(H,27,29)/t14-,16+/m1/s1. The molecule has 2 atom stereocenters. The lowest BCUT2D eigenvalue weighted by molar-refractivity contribution is -0.139. The van der Waals surface area contributed by atoms with Gasteiger partial charge in [-0.3, -0.25) is 4.79 Å². The number of carbonyl (C=O) groups is 1. The first kappa shape index (κ1) is 22.3. The highest BCUT2D eigenvalue weighted by Gasteiger charge is 2.48. The number of hydrogen-bond acceptors (Lipinski definition) is 6. The minimum atomic E-state index is -4.90. The van der Waals surface area contributed by atoms with Crippen LogP contribution in [0.2, 0.25) is 0 Å². The lowest BCUT2D eigenvalue weighted by Gasteiger charge is -2.18. The van der Waals surface area contributed by atoms with E-state index in [-0.39, 0.29) is 18.7 Å². The molecule has 0 spiro atoms. The molecule has 8 nitrogen and oxygen atoms in total. The maximum Gasteiger partial charge on any atom is 0.417 e. The number of aryl methyl sites for hydroxylation is 1. The molecule has 2 aromatic rings. The summed E-state index contributed by atoms with van der Waals surface area (Å²) in [5, 5.41) is 13.2. The van der Waals surface area contributed by atoms with Crippen molar-refractivity contribution in [2.75, 3.05) is 6.54 Å². The second kappa shape index (κ2) is 7.60. The Bertz CT molecular complexity index is 1210. The number of imidazole rings is 1. The average molecular weight is 467 g/mol. The molecular formula is C20H20F3N5O3S. The van der Waals surface area contributed by atoms with Crippen LogP contribution in [0.3, 0.4) is 0 Å². The van der Waals surface area contributed by atoms with Crippen molar-refractivity contribution in [3.63, 3.8) is 0 Å². The average Bonchev–Trinajstić information content (AvgIpc) is 3.13. The van der Waals surface area contributed by atoms with E-state index in [4.69, 9.17) is 5.26 Å². The summed E-state index contributed by atoms with van der Waals surface area (Å²) in [6.45, 7) is 1.45. The van der Waals surface area contributed by atoms with Crippen molar-refractivity contribution in [1.82, 2.24) is 20.2 Å². The number of aromatic nitrogens is 2. The molecule has 1 amide bonds. The van der Waals surface area contributed by atoms with Crippen molar-refractivity contribution in [2.24, 2.45) is 0 Å². The molecule has 0 bridgehead atoms. The molecule has 1 aliphatic heterocycles. The molecule has 12 heteroatoms. The highest BCUT2D eigenvalue weighted by atomic mass is 32.2. The number of alkyl halides is 3. The molecule has 1 aliphatic carbocycles. The summed E-state index contributed by atoms with van der Waals surface area (Å²) < 4.78 is 69.2. The van der Waals surface area contributed by atoms with Gasteiger partial charge in [-0.15, -0.1) is 0 Å². The Morgan fingerprint density at radius 1 is 1.38 bits per heavy atom. The smallest absolute Gasteiger partial charge is 0.336 e. The summed E-state index contributed by atoms with van der Waals surface area (Å²) in [7, 11) is -4.40. The van der Waals surface area contributed by atoms with E-state index >= 15 is 0 Å². The fourth-order valence-electron chi connectivity index (χ4n) is 3.82. The maximum atomic E-state index is 13.8. The van der Waals surface area contributed by atoms with E-state index in [0.29, 0.717) is 18.7 Å². The molecule has 4 rings (SSSR count). The van der Waals surface area contributed by atoms with E-state index in [9.17, 15) is 26.4 Å². The van der Waals surface area contributed by atoms with Crippen LogP contribution < -0.4 is 10.6 Å². The first-order chi connectivity index (χ1) is 15.0.